The number of nitrogens with one attached hydrogen (secondary N) is 1. The third kappa shape index (κ3) is 5.29. The van der Waals surface area contributed by atoms with Gasteiger partial charge in [-0.2, -0.15) is 0 Å². The first-order valence-corrected chi connectivity index (χ1v) is 9.95. The van der Waals surface area contributed by atoms with Crippen molar-refractivity contribution in [3.05, 3.63) is 64.7 Å². The topological polar surface area (TPSA) is 66.5 Å². The van der Waals surface area contributed by atoms with Crippen LogP contribution in [0.4, 0.5) is 0 Å². The van der Waals surface area contributed by atoms with Gasteiger partial charge in [-0.15, -0.1) is 0 Å². The summed E-state index contributed by atoms with van der Waals surface area (Å²) in [5, 5.41) is 3.49. The monoisotopic (exact) mass is 380 g/mol. The van der Waals surface area contributed by atoms with Crippen molar-refractivity contribution in [1.29, 1.82) is 0 Å². The van der Waals surface area contributed by atoms with Gasteiger partial charge in [-0.3, -0.25) is 4.79 Å². The maximum Gasteiger partial charge on any atom is 0.251 e. The molecule has 0 saturated carbocycles. The Morgan fingerprint density at radius 2 is 1.84 bits per heavy atom. The summed E-state index contributed by atoms with van der Waals surface area (Å²) in [6, 6.07) is 13.4. The fourth-order valence-electron chi connectivity index (χ4n) is 2.47. The molecular formula is C18H21ClN2O3S. The summed E-state index contributed by atoms with van der Waals surface area (Å²) in [5.74, 6) is -0.320. The Kier molecular flexibility index (Phi) is 6.21. The highest BCUT2D eigenvalue weighted by Crippen LogP contribution is 2.21. The molecular weight excluding hydrogens is 360 g/mol. The first-order chi connectivity index (χ1) is 11.7. The molecule has 0 aromatic heterocycles. The van der Waals surface area contributed by atoms with Gasteiger partial charge in [-0.1, -0.05) is 29.8 Å². The molecule has 0 aliphatic heterocycles. The van der Waals surface area contributed by atoms with Gasteiger partial charge < -0.3 is 10.2 Å². The standard InChI is InChI=1S/C18H21ClN2O3S/c1-21(2)17(13-6-4-8-15(19)10-13)12-20-18(22)14-7-5-9-16(11-14)25(3,23)24/h4-11,17H,12H2,1-3H3,(H,20,22). The van der Waals surface area contributed by atoms with Crippen molar-refractivity contribution in [2.45, 2.75) is 10.9 Å². The molecule has 2 aromatic rings. The second-order valence-corrected chi connectivity index (χ2v) is 8.50. The van der Waals surface area contributed by atoms with Crippen molar-refractivity contribution < 1.29 is 13.2 Å². The molecule has 5 nitrogen and oxygen atoms in total. The van der Waals surface area contributed by atoms with Crippen LogP contribution < -0.4 is 5.32 Å². The van der Waals surface area contributed by atoms with Gasteiger partial charge in [0.05, 0.1) is 10.9 Å². The average molecular weight is 381 g/mol. The molecule has 1 unspecified atom stereocenters. The zero-order valence-electron chi connectivity index (χ0n) is 14.4. The summed E-state index contributed by atoms with van der Waals surface area (Å²) < 4.78 is 23.3. The Morgan fingerprint density at radius 1 is 1.16 bits per heavy atom. The zero-order valence-corrected chi connectivity index (χ0v) is 15.9. The number of amides is 1. The molecule has 25 heavy (non-hydrogen) atoms. The molecule has 0 fully saturated rings. The van der Waals surface area contributed by atoms with E-state index in [0.717, 1.165) is 11.8 Å². The van der Waals surface area contributed by atoms with Crippen molar-refractivity contribution in [2.75, 3.05) is 26.9 Å². The fraction of sp³-hybridized carbons (Fsp3) is 0.278. The van der Waals surface area contributed by atoms with E-state index in [4.69, 9.17) is 11.6 Å². The van der Waals surface area contributed by atoms with Crippen molar-refractivity contribution >= 4 is 27.3 Å². The third-order valence-corrected chi connectivity index (χ3v) is 5.18. The highest BCUT2D eigenvalue weighted by Gasteiger charge is 2.17. The molecule has 2 aromatic carbocycles. The van der Waals surface area contributed by atoms with Crippen LogP contribution in [0.2, 0.25) is 5.02 Å². The number of nitrogens with zero attached hydrogens (tertiary/aromatic N) is 1. The number of halogens is 1. The van der Waals surface area contributed by atoms with E-state index in [0.29, 0.717) is 17.1 Å². The van der Waals surface area contributed by atoms with E-state index < -0.39 is 9.84 Å². The van der Waals surface area contributed by atoms with Gasteiger partial charge in [0.1, 0.15) is 0 Å². The zero-order chi connectivity index (χ0) is 18.6. The molecule has 134 valence electrons. The van der Waals surface area contributed by atoms with Crippen LogP contribution in [0.3, 0.4) is 0 Å². The SMILES string of the molecule is CN(C)C(CNC(=O)c1cccc(S(C)(=O)=O)c1)c1cccc(Cl)c1. The molecule has 7 heteroatoms. The van der Waals surface area contributed by atoms with E-state index in [2.05, 4.69) is 5.32 Å². The van der Waals surface area contributed by atoms with Crippen molar-refractivity contribution in [2.24, 2.45) is 0 Å². The van der Waals surface area contributed by atoms with Crippen LogP contribution in [-0.4, -0.2) is 46.1 Å². The van der Waals surface area contributed by atoms with E-state index >= 15 is 0 Å². The summed E-state index contributed by atoms with van der Waals surface area (Å²) in [6.45, 7) is 0.370. The lowest BCUT2D eigenvalue weighted by atomic mass is 10.1. The number of sulfone groups is 1. The van der Waals surface area contributed by atoms with E-state index in [1.807, 2.05) is 37.2 Å². The summed E-state index contributed by atoms with van der Waals surface area (Å²) in [4.78, 5) is 14.5. The van der Waals surface area contributed by atoms with Crippen LogP contribution in [0.5, 0.6) is 0 Å². The van der Waals surface area contributed by atoms with E-state index in [-0.39, 0.29) is 16.8 Å². The Labute approximate surface area is 153 Å². The van der Waals surface area contributed by atoms with E-state index in [1.54, 1.807) is 18.2 Å². The smallest absolute Gasteiger partial charge is 0.251 e. The number of benzene rings is 2. The lowest BCUT2D eigenvalue weighted by molar-refractivity contribution is 0.0941. The van der Waals surface area contributed by atoms with E-state index in [1.165, 1.54) is 12.1 Å². The molecule has 0 aliphatic carbocycles. The lowest BCUT2D eigenvalue weighted by Gasteiger charge is -2.25. The molecule has 1 amide bonds. The minimum absolute atomic E-state index is 0.0549. The summed E-state index contributed by atoms with van der Waals surface area (Å²) in [6.07, 6.45) is 1.12. The molecule has 2 rings (SSSR count). The Hall–Kier alpha value is -1.89. The van der Waals surface area contributed by atoms with Crippen LogP contribution in [0, 0.1) is 0 Å². The second kappa shape index (κ2) is 7.99. The van der Waals surface area contributed by atoms with Crippen LogP contribution in [0.1, 0.15) is 22.0 Å². The van der Waals surface area contributed by atoms with Gasteiger partial charge in [0.2, 0.25) is 0 Å². The first kappa shape index (κ1) is 19.4. The number of rotatable bonds is 6. The van der Waals surface area contributed by atoms with Crippen molar-refractivity contribution in [1.82, 2.24) is 10.2 Å². The van der Waals surface area contributed by atoms with Crippen molar-refractivity contribution in [3.63, 3.8) is 0 Å². The van der Waals surface area contributed by atoms with Crippen LogP contribution in [0.25, 0.3) is 0 Å². The molecule has 0 aliphatic rings. The second-order valence-electron chi connectivity index (χ2n) is 6.04. The molecule has 1 atom stereocenters. The summed E-state index contributed by atoms with van der Waals surface area (Å²) in [5.41, 5.74) is 1.30. The maximum absolute atomic E-state index is 12.4. The number of hydrogen-bond acceptors (Lipinski definition) is 4. The number of likely N-dealkylation sites (N-methyl/N-ethyl adjacent to an activating group) is 1. The quantitative estimate of drug-likeness (QED) is 0.836. The minimum Gasteiger partial charge on any atom is -0.350 e. The van der Waals surface area contributed by atoms with E-state index in [9.17, 15) is 13.2 Å². The first-order valence-electron chi connectivity index (χ1n) is 7.68. The largest absolute Gasteiger partial charge is 0.350 e. The molecule has 1 N–H and O–H groups in total. The molecule has 0 radical (unpaired) electrons. The number of hydrogen-bond donors (Lipinski definition) is 1. The lowest BCUT2D eigenvalue weighted by Crippen LogP contribution is -2.34. The van der Waals surface area contributed by atoms with Crippen LogP contribution >= 0.6 is 11.6 Å². The summed E-state index contributed by atoms with van der Waals surface area (Å²) >= 11 is 6.05. The minimum atomic E-state index is -3.35. The third-order valence-electron chi connectivity index (χ3n) is 3.84. The Morgan fingerprint density at radius 3 is 2.44 bits per heavy atom. The molecule has 0 bridgehead atoms. The highest BCUT2D eigenvalue weighted by atomic mass is 35.5. The van der Waals surface area contributed by atoms with Crippen LogP contribution in [-0.2, 0) is 9.84 Å². The van der Waals surface area contributed by atoms with Gasteiger partial charge in [0, 0.05) is 23.4 Å². The highest BCUT2D eigenvalue weighted by molar-refractivity contribution is 7.90. The fourth-order valence-corrected chi connectivity index (χ4v) is 3.34. The molecule has 0 heterocycles. The average Bonchev–Trinajstić information content (AvgIpc) is 2.54. The number of carbonyl (C=O) groups is 1. The van der Waals surface area contributed by atoms with Gasteiger partial charge in [-0.05, 0) is 50.0 Å². The number of carbonyl (C=O) groups excluding carboxylic acids is 1. The Balaban J connectivity index is 2.14. The summed E-state index contributed by atoms with van der Waals surface area (Å²) in [7, 11) is 0.483. The van der Waals surface area contributed by atoms with Gasteiger partial charge in [0.15, 0.2) is 9.84 Å². The molecule has 0 spiro atoms. The van der Waals surface area contributed by atoms with Gasteiger partial charge in [0.25, 0.3) is 5.91 Å². The molecule has 0 saturated heterocycles. The van der Waals surface area contributed by atoms with Gasteiger partial charge >= 0.3 is 0 Å². The maximum atomic E-state index is 12.4. The van der Waals surface area contributed by atoms with Crippen molar-refractivity contribution in [3.8, 4) is 0 Å². The normalized spacial score (nSPS) is 12.8. The van der Waals surface area contributed by atoms with Gasteiger partial charge in [-0.25, -0.2) is 8.42 Å². The predicted molar refractivity (Wildman–Crippen MR) is 99.8 cm³/mol. The Bertz CT molecular complexity index is 866. The van der Waals surface area contributed by atoms with Crippen LogP contribution in [0.15, 0.2) is 53.4 Å². The predicted octanol–water partition coefficient (Wildman–Crippen LogP) is 2.78.